The van der Waals surface area contributed by atoms with Crippen molar-refractivity contribution in [2.45, 2.75) is 77.4 Å². The molecule has 0 radical (unpaired) electrons. The Balaban J connectivity index is 1.63. The summed E-state index contributed by atoms with van der Waals surface area (Å²) in [6, 6.07) is -0.359. The molecule has 130 valence electrons. The topological polar surface area (TPSA) is 69.6 Å². The Morgan fingerprint density at radius 2 is 1.83 bits per heavy atom. The Morgan fingerprint density at radius 1 is 1.04 bits per heavy atom. The number of Topliss-reactive ketones (excluding diaryl/α,β-unsaturated/α-hetero) is 1. The maximum Gasteiger partial charge on any atom is 0.158 e. The van der Waals surface area contributed by atoms with Crippen LogP contribution >= 0.6 is 0 Å². The number of ketones is 1. The molecule has 0 amide bonds. The van der Waals surface area contributed by atoms with Crippen molar-refractivity contribution in [1.82, 2.24) is 5.48 Å². The SMILES string of the molecule is C[C@]12CC[C@H](O)C[C@@H]1CC[C@@H]1[C@@H]2CC[C@]2(C)C(=O)C(NO)C[C@@H]12. The number of aliphatic hydroxyl groups excluding tert-OH is 1. The van der Waals surface area contributed by atoms with E-state index in [1.54, 1.807) is 0 Å². The number of nitrogens with one attached hydrogen (secondary N) is 1. The van der Waals surface area contributed by atoms with Crippen LogP contribution in [0.3, 0.4) is 0 Å². The Labute approximate surface area is 139 Å². The summed E-state index contributed by atoms with van der Waals surface area (Å²) in [4.78, 5) is 12.7. The van der Waals surface area contributed by atoms with Crippen molar-refractivity contribution in [3.8, 4) is 0 Å². The van der Waals surface area contributed by atoms with E-state index >= 15 is 0 Å². The maximum atomic E-state index is 12.7. The molecule has 4 saturated carbocycles. The molecule has 0 aliphatic heterocycles. The number of hydroxylamine groups is 1. The molecule has 1 unspecified atom stereocenters. The molecule has 0 bridgehead atoms. The quantitative estimate of drug-likeness (QED) is 0.650. The van der Waals surface area contributed by atoms with Crippen molar-refractivity contribution < 1.29 is 15.1 Å². The minimum atomic E-state index is -0.359. The number of hydrogen-bond donors (Lipinski definition) is 3. The van der Waals surface area contributed by atoms with Gasteiger partial charge in [-0.15, -0.1) is 0 Å². The number of fused-ring (bicyclic) bond motifs is 5. The summed E-state index contributed by atoms with van der Waals surface area (Å²) in [5.41, 5.74) is 2.39. The molecule has 4 aliphatic rings. The number of hydrogen-bond acceptors (Lipinski definition) is 4. The van der Waals surface area contributed by atoms with Gasteiger partial charge >= 0.3 is 0 Å². The van der Waals surface area contributed by atoms with Crippen LogP contribution in [0.15, 0.2) is 0 Å². The maximum absolute atomic E-state index is 12.7. The predicted molar refractivity (Wildman–Crippen MR) is 86.8 cm³/mol. The van der Waals surface area contributed by atoms with Gasteiger partial charge in [0.15, 0.2) is 5.78 Å². The molecule has 4 rings (SSSR count). The van der Waals surface area contributed by atoms with Crippen LogP contribution in [0.2, 0.25) is 0 Å². The molecule has 23 heavy (non-hydrogen) atoms. The van der Waals surface area contributed by atoms with E-state index < -0.39 is 0 Å². The Kier molecular flexibility index (Phi) is 3.68. The molecule has 0 saturated heterocycles. The van der Waals surface area contributed by atoms with Gasteiger partial charge in [-0.05, 0) is 80.5 Å². The second kappa shape index (κ2) is 5.27. The molecule has 4 aliphatic carbocycles. The van der Waals surface area contributed by atoms with E-state index in [4.69, 9.17) is 0 Å². The van der Waals surface area contributed by atoms with Gasteiger partial charge in [0, 0.05) is 5.41 Å². The van der Waals surface area contributed by atoms with Gasteiger partial charge in [0.2, 0.25) is 0 Å². The summed E-state index contributed by atoms with van der Waals surface area (Å²) < 4.78 is 0. The molecule has 0 aromatic heterocycles. The van der Waals surface area contributed by atoms with Gasteiger partial charge in [0.25, 0.3) is 0 Å². The van der Waals surface area contributed by atoms with E-state index in [-0.39, 0.29) is 23.3 Å². The highest BCUT2D eigenvalue weighted by atomic mass is 16.5. The van der Waals surface area contributed by atoms with Crippen LogP contribution in [0.1, 0.15) is 65.2 Å². The molecule has 0 aromatic rings. The molecule has 0 aromatic carbocycles. The van der Waals surface area contributed by atoms with E-state index in [0.717, 1.165) is 38.5 Å². The van der Waals surface area contributed by atoms with Gasteiger partial charge in [-0.1, -0.05) is 13.8 Å². The highest BCUT2D eigenvalue weighted by Crippen LogP contribution is 2.65. The highest BCUT2D eigenvalue weighted by Gasteiger charge is 2.62. The molecule has 3 N–H and O–H groups in total. The van der Waals surface area contributed by atoms with Crippen molar-refractivity contribution in [2.24, 2.45) is 34.5 Å². The lowest BCUT2D eigenvalue weighted by Crippen LogP contribution is -2.54. The lowest BCUT2D eigenvalue weighted by atomic mass is 9.45. The molecule has 4 heteroatoms. The zero-order valence-electron chi connectivity index (χ0n) is 14.4. The fourth-order valence-corrected chi connectivity index (χ4v) is 7.17. The summed E-state index contributed by atoms with van der Waals surface area (Å²) in [5, 5.41) is 19.4. The van der Waals surface area contributed by atoms with Crippen LogP contribution in [0, 0.1) is 34.5 Å². The van der Waals surface area contributed by atoms with Crippen LogP contribution in [-0.4, -0.2) is 28.2 Å². The van der Waals surface area contributed by atoms with E-state index in [9.17, 15) is 15.1 Å². The summed E-state index contributed by atoms with van der Waals surface area (Å²) in [5.74, 6) is 2.61. The molecule has 4 fully saturated rings. The highest BCUT2D eigenvalue weighted by molar-refractivity contribution is 5.92. The molecule has 8 atom stereocenters. The van der Waals surface area contributed by atoms with Crippen LogP contribution in [0.4, 0.5) is 0 Å². The monoisotopic (exact) mass is 321 g/mol. The van der Waals surface area contributed by atoms with Crippen LogP contribution < -0.4 is 5.48 Å². The van der Waals surface area contributed by atoms with Crippen LogP contribution in [0.25, 0.3) is 0 Å². The first-order valence-electron chi connectivity index (χ1n) is 9.52. The number of carbonyl (C=O) groups is 1. The summed E-state index contributed by atoms with van der Waals surface area (Å²) in [7, 11) is 0. The third kappa shape index (κ3) is 2.11. The van der Waals surface area contributed by atoms with Crippen LogP contribution in [-0.2, 0) is 4.79 Å². The third-order valence-corrected chi connectivity index (χ3v) is 8.55. The smallest absolute Gasteiger partial charge is 0.158 e. The van der Waals surface area contributed by atoms with Gasteiger partial charge in [-0.2, -0.15) is 5.48 Å². The normalized spacial score (nSPS) is 55.9. The van der Waals surface area contributed by atoms with Crippen molar-refractivity contribution >= 4 is 5.78 Å². The number of aliphatic hydroxyl groups is 1. The summed E-state index contributed by atoms with van der Waals surface area (Å²) >= 11 is 0. The second-order valence-corrected chi connectivity index (χ2v) is 9.32. The first-order valence-corrected chi connectivity index (χ1v) is 9.52. The van der Waals surface area contributed by atoms with Crippen LogP contribution in [0.5, 0.6) is 0 Å². The van der Waals surface area contributed by atoms with Crippen molar-refractivity contribution in [1.29, 1.82) is 0 Å². The Bertz CT molecular complexity index is 509. The van der Waals surface area contributed by atoms with E-state index in [1.807, 2.05) is 0 Å². The molecule has 4 nitrogen and oxygen atoms in total. The fourth-order valence-electron chi connectivity index (χ4n) is 7.17. The largest absolute Gasteiger partial charge is 0.393 e. The zero-order valence-corrected chi connectivity index (χ0v) is 14.4. The Morgan fingerprint density at radius 3 is 2.57 bits per heavy atom. The predicted octanol–water partition coefficient (Wildman–Crippen LogP) is 2.92. The number of carbonyl (C=O) groups excluding carboxylic acids is 1. The fraction of sp³-hybridized carbons (Fsp3) is 0.947. The summed E-state index contributed by atoms with van der Waals surface area (Å²) in [6.45, 7) is 4.61. The second-order valence-electron chi connectivity index (χ2n) is 9.32. The van der Waals surface area contributed by atoms with E-state index in [2.05, 4.69) is 19.3 Å². The van der Waals surface area contributed by atoms with Gasteiger partial charge in [-0.3, -0.25) is 4.79 Å². The molecular weight excluding hydrogens is 290 g/mol. The van der Waals surface area contributed by atoms with Crippen molar-refractivity contribution in [3.63, 3.8) is 0 Å². The van der Waals surface area contributed by atoms with Gasteiger partial charge < -0.3 is 10.3 Å². The van der Waals surface area contributed by atoms with Crippen molar-refractivity contribution in [2.75, 3.05) is 0 Å². The lowest BCUT2D eigenvalue weighted by molar-refractivity contribution is -0.143. The van der Waals surface area contributed by atoms with Gasteiger partial charge in [-0.25, -0.2) is 0 Å². The average Bonchev–Trinajstić information content (AvgIpc) is 2.79. The van der Waals surface area contributed by atoms with Crippen molar-refractivity contribution in [3.05, 3.63) is 0 Å². The standard InChI is InChI=1S/C19H31NO3/c1-18-7-5-12(21)9-11(18)3-4-13-14(18)6-8-19(2)15(13)10-16(20-23)17(19)22/h11-16,20-21,23H,3-10H2,1-2H3/t11-,12-,13+,14-,15-,16?,18-,19-/m0/s1. The first-order chi connectivity index (χ1) is 10.9. The minimum Gasteiger partial charge on any atom is -0.393 e. The molecule has 0 spiro atoms. The molecule has 0 heterocycles. The van der Waals surface area contributed by atoms with E-state index in [1.165, 1.54) is 12.8 Å². The van der Waals surface area contributed by atoms with Gasteiger partial charge in [0.05, 0.1) is 12.1 Å². The zero-order chi connectivity index (χ0) is 16.4. The number of rotatable bonds is 1. The lowest BCUT2D eigenvalue weighted by Gasteiger charge is -2.60. The van der Waals surface area contributed by atoms with E-state index in [0.29, 0.717) is 29.1 Å². The molecular formula is C19H31NO3. The summed E-state index contributed by atoms with van der Waals surface area (Å²) in [6.07, 6.45) is 8.27. The average molecular weight is 321 g/mol. The Hall–Kier alpha value is -0.450. The third-order valence-electron chi connectivity index (χ3n) is 8.55. The van der Waals surface area contributed by atoms with Gasteiger partial charge in [0.1, 0.15) is 0 Å². The first kappa shape index (κ1) is 16.0. The minimum absolute atomic E-state index is 0.102.